The number of hydrogen-bond donors (Lipinski definition) is 2. The number of hydrogen-bond acceptors (Lipinski definition) is 3. The molecule has 22 heavy (non-hydrogen) atoms. The summed E-state index contributed by atoms with van der Waals surface area (Å²) in [5.74, 6) is 2.39. The lowest BCUT2D eigenvalue weighted by molar-refractivity contribution is 0.414. The van der Waals surface area contributed by atoms with Crippen molar-refractivity contribution in [3.05, 3.63) is 42.4 Å². The molecule has 1 aliphatic heterocycles. The van der Waals surface area contributed by atoms with Gasteiger partial charge in [0.2, 0.25) is 5.96 Å². The summed E-state index contributed by atoms with van der Waals surface area (Å²) < 4.78 is 5.23. The van der Waals surface area contributed by atoms with Gasteiger partial charge >= 0.3 is 0 Å². The van der Waals surface area contributed by atoms with E-state index >= 15 is 0 Å². The molecule has 2 heterocycles. The van der Waals surface area contributed by atoms with Crippen LogP contribution in [0.3, 0.4) is 0 Å². The molecule has 2 aromatic rings. The van der Waals surface area contributed by atoms with E-state index in [1.54, 1.807) is 13.4 Å². The molecule has 1 aromatic carbocycles. The lowest BCUT2D eigenvalue weighted by Crippen LogP contribution is -2.44. The number of guanidine groups is 1. The van der Waals surface area contributed by atoms with Crippen molar-refractivity contribution < 1.29 is 4.74 Å². The summed E-state index contributed by atoms with van der Waals surface area (Å²) in [6, 6.07) is 5.81. The standard InChI is InChI=1S/C16H19N5O/c1-5-21-15-14(17-9-18-15)11(3)19-16(21)20-13-7-6-12(22-4)8-10(13)2/h6-9H,3,5H2,1-2,4H3,(H,17,18)(H,19,20). The van der Waals surface area contributed by atoms with E-state index in [0.717, 1.165) is 46.7 Å². The van der Waals surface area contributed by atoms with Crippen molar-refractivity contribution in [2.45, 2.75) is 13.8 Å². The molecule has 2 N–H and O–H groups in total. The predicted molar refractivity (Wildman–Crippen MR) is 88.6 cm³/mol. The summed E-state index contributed by atoms with van der Waals surface area (Å²) in [4.78, 5) is 14.2. The molecule has 0 unspecified atom stereocenters. The number of rotatable bonds is 3. The van der Waals surface area contributed by atoms with Crippen LogP contribution >= 0.6 is 0 Å². The highest BCUT2D eigenvalue weighted by Gasteiger charge is 2.26. The van der Waals surface area contributed by atoms with Gasteiger partial charge in [-0.3, -0.25) is 4.90 Å². The van der Waals surface area contributed by atoms with Gasteiger partial charge in [-0.05, 0) is 37.6 Å². The minimum Gasteiger partial charge on any atom is -0.497 e. The minimum absolute atomic E-state index is 0.723. The number of H-pyrrole nitrogens is 1. The highest BCUT2D eigenvalue weighted by atomic mass is 16.5. The summed E-state index contributed by atoms with van der Waals surface area (Å²) in [5.41, 5.74) is 3.59. The molecule has 6 heteroatoms. The first-order chi connectivity index (χ1) is 10.6. The van der Waals surface area contributed by atoms with E-state index in [1.165, 1.54) is 0 Å². The maximum Gasteiger partial charge on any atom is 0.209 e. The lowest BCUT2D eigenvalue weighted by Gasteiger charge is -2.29. The Bertz CT molecular complexity index is 747. The normalized spacial score (nSPS) is 15.7. The third kappa shape index (κ3) is 2.32. The second-order valence-corrected chi connectivity index (χ2v) is 5.04. The summed E-state index contributed by atoms with van der Waals surface area (Å²) >= 11 is 0. The van der Waals surface area contributed by atoms with Crippen molar-refractivity contribution in [3.8, 4) is 5.75 Å². The van der Waals surface area contributed by atoms with Crippen LogP contribution in [-0.2, 0) is 0 Å². The van der Waals surface area contributed by atoms with E-state index in [4.69, 9.17) is 9.73 Å². The molecule has 0 aliphatic carbocycles. The van der Waals surface area contributed by atoms with Crippen LogP contribution in [-0.4, -0.2) is 29.6 Å². The van der Waals surface area contributed by atoms with Crippen LogP contribution in [0.5, 0.6) is 5.75 Å². The molecule has 0 saturated carbocycles. The number of methoxy groups -OCH3 is 1. The Morgan fingerprint density at radius 2 is 2.23 bits per heavy atom. The number of nitrogens with one attached hydrogen (secondary N) is 2. The number of imidazole rings is 1. The fourth-order valence-electron chi connectivity index (χ4n) is 2.46. The Morgan fingerprint density at radius 3 is 2.91 bits per heavy atom. The van der Waals surface area contributed by atoms with Crippen molar-refractivity contribution in [1.82, 2.24) is 15.3 Å². The monoisotopic (exact) mass is 297 g/mol. The maximum atomic E-state index is 5.23. The first-order valence-electron chi connectivity index (χ1n) is 7.14. The van der Waals surface area contributed by atoms with Crippen LogP contribution in [0.1, 0.15) is 18.2 Å². The number of anilines is 1. The zero-order chi connectivity index (χ0) is 15.7. The predicted octanol–water partition coefficient (Wildman–Crippen LogP) is 2.81. The zero-order valence-corrected chi connectivity index (χ0v) is 13.0. The number of ether oxygens (including phenoxy) is 1. The smallest absolute Gasteiger partial charge is 0.209 e. The molecule has 1 aliphatic rings. The van der Waals surface area contributed by atoms with Crippen LogP contribution < -0.4 is 15.0 Å². The molecule has 3 rings (SSSR count). The van der Waals surface area contributed by atoms with Crippen molar-refractivity contribution in [2.24, 2.45) is 4.99 Å². The van der Waals surface area contributed by atoms with Crippen LogP contribution in [0.2, 0.25) is 0 Å². The summed E-state index contributed by atoms with van der Waals surface area (Å²) in [7, 11) is 1.66. The van der Waals surface area contributed by atoms with E-state index in [2.05, 4.69) is 28.8 Å². The van der Waals surface area contributed by atoms with Crippen molar-refractivity contribution in [1.29, 1.82) is 0 Å². The molecule has 0 bridgehead atoms. The SMILES string of the molecule is C=C1NC(=Nc2ccc(OC)cc2C)N(CC)c2nc[nH]c21. The number of aromatic amines is 1. The van der Waals surface area contributed by atoms with Gasteiger partial charge in [0, 0.05) is 6.54 Å². The minimum atomic E-state index is 0.723. The fraction of sp³-hybridized carbons (Fsp3) is 0.250. The summed E-state index contributed by atoms with van der Waals surface area (Å²) in [5, 5.41) is 3.24. The summed E-state index contributed by atoms with van der Waals surface area (Å²) in [6.45, 7) is 8.85. The van der Waals surface area contributed by atoms with Gasteiger partial charge in [-0.2, -0.15) is 0 Å². The Balaban J connectivity index is 2.02. The first kappa shape index (κ1) is 14.2. The third-order valence-corrected chi connectivity index (χ3v) is 3.64. The average Bonchev–Trinajstić information content (AvgIpc) is 2.99. The molecular weight excluding hydrogens is 278 g/mol. The topological polar surface area (TPSA) is 65.5 Å². The molecule has 6 nitrogen and oxygen atoms in total. The Kier molecular flexibility index (Phi) is 3.58. The van der Waals surface area contributed by atoms with E-state index in [9.17, 15) is 0 Å². The highest BCUT2D eigenvalue weighted by molar-refractivity contribution is 6.06. The molecule has 0 radical (unpaired) electrons. The van der Waals surface area contributed by atoms with Gasteiger partial charge < -0.3 is 15.0 Å². The Labute approximate surface area is 129 Å². The number of aryl methyl sites for hydroxylation is 1. The van der Waals surface area contributed by atoms with Gasteiger partial charge in [0.25, 0.3) is 0 Å². The van der Waals surface area contributed by atoms with Crippen molar-refractivity contribution in [2.75, 3.05) is 18.6 Å². The van der Waals surface area contributed by atoms with Crippen molar-refractivity contribution >= 4 is 23.2 Å². The van der Waals surface area contributed by atoms with E-state index in [0.29, 0.717) is 0 Å². The molecule has 0 saturated heterocycles. The molecule has 0 amide bonds. The number of benzene rings is 1. The molecule has 0 spiro atoms. The van der Waals surface area contributed by atoms with Gasteiger partial charge in [-0.15, -0.1) is 0 Å². The number of fused-ring (bicyclic) bond motifs is 1. The van der Waals surface area contributed by atoms with Crippen LogP contribution in [0.15, 0.2) is 36.1 Å². The van der Waals surface area contributed by atoms with Gasteiger partial charge in [-0.1, -0.05) is 6.58 Å². The van der Waals surface area contributed by atoms with Gasteiger partial charge in [0.1, 0.15) is 11.4 Å². The molecule has 0 fully saturated rings. The highest BCUT2D eigenvalue weighted by Crippen LogP contribution is 2.28. The van der Waals surface area contributed by atoms with Gasteiger partial charge in [0.05, 0.1) is 24.8 Å². The maximum absolute atomic E-state index is 5.23. The number of nitrogens with zero attached hydrogens (tertiary/aromatic N) is 3. The van der Waals surface area contributed by atoms with E-state index in [-0.39, 0.29) is 0 Å². The first-order valence-corrected chi connectivity index (χ1v) is 7.14. The van der Waals surface area contributed by atoms with E-state index in [1.807, 2.05) is 30.0 Å². The van der Waals surface area contributed by atoms with Crippen LogP contribution in [0, 0.1) is 6.92 Å². The number of aliphatic imine (C=N–C) groups is 1. The molecule has 0 atom stereocenters. The van der Waals surface area contributed by atoms with E-state index < -0.39 is 0 Å². The average molecular weight is 297 g/mol. The molecular formula is C16H19N5O. The fourth-order valence-corrected chi connectivity index (χ4v) is 2.46. The Morgan fingerprint density at radius 1 is 1.41 bits per heavy atom. The molecule has 1 aromatic heterocycles. The quantitative estimate of drug-likeness (QED) is 0.914. The van der Waals surface area contributed by atoms with Crippen LogP contribution in [0.25, 0.3) is 5.70 Å². The number of aromatic nitrogens is 2. The van der Waals surface area contributed by atoms with Crippen molar-refractivity contribution in [3.63, 3.8) is 0 Å². The van der Waals surface area contributed by atoms with Gasteiger partial charge in [0.15, 0.2) is 5.82 Å². The van der Waals surface area contributed by atoms with Gasteiger partial charge in [-0.25, -0.2) is 9.98 Å². The molecule has 114 valence electrons. The lowest BCUT2D eigenvalue weighted by atomic mass is 10.2. The second-order valence-electron chi connectivity index (χ2n) is 5.04. The Hall–Kier alpha value is -2.76. The van der Waals surface area contributed by atoms with Crippen LogP contribution in [0.4, 0.5) is 11.5 Å². The second kappa shape index (κ2) is 5.55. The zero-order valence-electron chi connectivity index (χ0n) is 13.0. The summed E-state index contributed by atoms with van der Waals surface area (Å²) in [6.07, 6.45) is 1.67. The third-order valence-electron chi connectivity index (χ3n) is 3.64. The largest absolute Gasteiger partial charge is 0.497 e.